The van der Waals surface area contributed by atoms with Gasteiger partial charge in [-0.15, -0.1) is 11.8 Å². The first kappa shape index (κ1) is 19.4. The maximum Gasteiger partial charge on any atom is 0.293 e. The maximum atomic E-state index is 12.5. The van der Waals surface area contributed by atoms with Gasteiger partial charge in [0.1, 0.15) is 6.61 Å². The molecule has 1 fully saturated rings. The molecular weight excluding hydrogens is 382 g/mol. The number of benzene rings is 2. The van der Waals surface area contributed by atoms with Crippen molar-refractivity contribution < 1.29 is 19.1 Å². The fourth-order valence-electron chi connectivity index (χ4n) is 2.53. The molecule has 2 aromatic carbocycles. The summed E-state index contributed by atoms with van der Waals surface area (Å²) in [7, 11) is 1.56. The van der Waals surface area contributed by atoms with E-state index in [0.29, 0.717) is 16.4 Å². The van der Waals surface area contributed by atoms with E-state index < -0.39 is 0 Å². The Bertz CT molecular complexity index is 865. The Balaban J connectivity index is 1.62. The normalized spacial score (nSPS) is 15.5. The zero-order valence-corrected chi connectivity index (χ0v) is 16.6. The van der Waals surface area contributed by atoms with Crippen LogP contribution >= 0.6 is 23.5 Å². The summed E-state index contributed by atoms with van der Waals surface area (Å²) in [6.45, 7) is 0.388. The number of hydrogen-bond donors (Lipinski definition) is 0. The van der Waals surface area contributed by atoms with Crippen molar-refractivity contribution >= 4 is 40.7 Å². The number of methoxy groups -OCH3 is 1. The van der Waals surface area contributed by atoms with Crippen LogP contribution in [-0.4, -0.2) is 42.6 Å². The molecule has 0 aromatic heterocycles. The van der Waals surface area contributed by atoms with Crippen LogP contribution < -0.4 is 9.47 Å². The van der Waals surface area contributed by atoms with Crippen molar-refractivity contribution in [2.75, 3.05) is 26.5 Å². The maximum absolute atomic E-state index is 12.5. The Morgan fingerprint density at radius 3 is 2.44 bits per heavy atom. The predicted molar refractivity (Wildman–Crippen MR) is 109 cm³/mol. The molecule has 2 amide bonds. The molecular formula is C20H19NO4S2. The van der Waals surface area contributed by atoms with E-state index in [1.54, 1.807) is 37.1 Å². The summed E-state index contributed by atoms with van der Waals surface area (Å²) >= 11 is 2.61. The van der Waals surface area contributed by atoms with Crippen molar-refractivity contribution in [3.63, 3.8) is 0 Å². The second-order valence-electron chi connectivity index (χ2n) is 5.61. The largest absolute Gasteiger partial charge is 0.493 e. The number of amides is 2. The average molecular weight is 402 g/mol. The molecule has 0 atom stereocenters. The Labute approximate surface area is 166 Å². The van der Waals surface area contributed by atoms with Crippen LogP contribution in [0, 0.1) is 0 Å². The third-order valence-corrected chi connectivity index (χ3v) is 5.58. The SMILES string of the molecule is COc1ccccc1OCCN1C(=O)S/C(=C\c2ccc(SC)cc2)C1=O. The van der Waals surface area contributed by atoms with Gasteiger partial charge in [-0.05, 0) is 53.9 Å². The lowest BCUT2D eigenvalue weighted by Gasteiger charge is -2.14. The van der Waals surface area contributed by atoms with Crippen molar-refractivity contribution in [3.8, 4) is 11.5 Å². The number of carbonyl (C=O) groups excluding carboxylic acids is 2. The smallest absolute Gasteiger partial charge is 0.293 e. The first-order valence-corrected chi connectivity index (χ1v) is 10.3. The molecule has 27 heavy (non-hydrogen) atoms. The Morgan fingerprint density at radius 1 is 1.07 bits per heavy atom. The summed E-state index contributed by atoms with van der Waals surface area (Å²) < 4.78 is 10.9. The molecule has 0 bridgehead atoms. The Kier molecular flexibility index (Phi) is 6.47. The summed E-state index contributed by atoms with van der Waals surface area (Å²) in [5.41, 5.74) is 0.892. The molecule has 0 spiro atoms. The number of nitrogens with zero attached hydrogens (tertiary/aromatic N) is 1. The fourth-order valence-corrected chi connectivity index (χ4v) is 3.80. The van der Waals surface area contributed by atoms with E-state index in [2.05, 4.69) is 0 Å². The van der Waals surface area contributed by atoms with Gasteiger partial charge in [0.15, 0.2) is 11.5 Å². The van der Waals surface area contributed by atoms with Crippen molar-refractivity contribution in [2.24, 2.45) is 0 Å². The molecule has 1 aliphatic rings. The molecule has 0 N–H and O–H groups in total. The van der Waals surface area contributed by atoms with Crippen LogP contribution in [0.5, 0.6) is 11.5 Å². The molecule has 0 unspecified atom stereocenters. The van der Waals surface area contributed by atoms with Gasteiger partial charge in [-0.25, -0.2) is 0 Å². The number of hydrogen-bond acceptors (Lipinski definition) is 6. The highest BCUT2D eigenvalue weighted by atomic mass is 32.2. The highest BCUT2D eigenvalue weighted by Crippen LogP contribution is 2.32. The quantitative estimate of drug-likeness (QED) is 0.502. The van der Waals surface area contributed by atoms with E-state index in [1.807, 2.05) is 42.7 Å². The van der Waals surface area contributed by atoms with E-state index in [4.69, 9.17) is 9.47 Å². The number of imide groups is 1. The van der Waals surface area contributed by atoms with Gasteiger partial charge in [0.25, 0.3) is 11.1 Å². The second-order valence-corrected chi connectivity index (χ2v) is 7.48. The van der Waals surface area contributed by atoms with Crippen LogP contribution in [0.2, 0.25) is 0 Å². The molecule has 5 nitrogen and oxygen atoms in total. The number of ether oxygens (including phenoxy) is 2. The van der Waals surface area contributed by atoms with E-state index >= 15 is 0 Å². The molecule has 1 heterocycles. The zero-order valence-electron chi connectivity index (χ0n) is 15.0. The minimum Gasteiger partial charge on any atom is -0.493 e. The number of rotatable bonds is 7. The second kappa shape index (κ2) is 9.01. The third kappa shape index (κ3) is 4.67. The topological polar surface area (TPSA) is 55.8 Å². The summed E-state index contributed by atoms with van der Waals surface area (Å²) in [6, 6.07) is 15.1. The van der Waals surface area contributed by atoms with Gasteiger partial charge in [0.05, 0.1) is 18.6 Å². The molecule has 2 aromatic rings. The van der Waals surface area contributed by atoms with Gasteiger partial charge in [-0.1, -0.05) is 24.3 Å². The molecule has 0 radical (unpaired) electrons. The predicted octanol–water partition coefficient (Wildman–Crippen LogP) is 4.53. The molecule has 3 rings (SSSR count). The van der Waals surface area contributed by atoms with Gasteiger partial charge in [0, 0.05) is 4.90 Å². The summed E-state index contributed by atoms with van der Waals surface area (Å²) in [5.74, 6) is 0.902. The van der Waals surface area contributed by atoms with E-state index in [-0.39, 0.29) is 24.3 Å². The molecule has 0 aliphatic carbocycles. The van der Waals surface area contributed by atoms with E-state index in [9.17, 15) is 9.59 Å². The molecule has 7 heteroatoms. The van der Waals surface area contributed by atoms with Crippen LogP contribution in [-0.2, 0) is 4.79 Å². The van der Waals surface area contributed by atoms with Gasteiger partial charge in [0.2, 0.25) is 0 Å². The minimum absolute atomic E-state index is 0.186. The average Bonchev–Trinajstić information content (AvgIpc) is 2.96. The van der Waals surface area contributed by atoms with Crippen molar-refractivity contribution in [1.82, 2.24) is 4.90 Å². The van der Waals surface area contributed by atoms with Gasteiger partial charge in [-0.2, -0.15) is 0 Å². The number of para-hydroxylation sites is 2. The summed E-state index contributed by atoms with van der Waals surface area (Å²) in [5, 5.41) is -0.282. The van der Waals surface area contributed by atoms with Crippen LogP contribution in [0.15, 0.2) is 58.3 Å². The van der Waals surface area contributed by atoms with E-state index in [1.165, 1.54) is 4.90 Å². The molecule has 1 aliphatic heterocycles. The van der Waals surface area contributed by atoms with Gasteiger partial charge < -0.3 is 9.47 Å². The van der Waals surface area contributed by atoms with Crippen molar-refractivity contribution in [2.45, 2.75) is 4.90 Å². The van der Waals surface area contributed by atoms with Crippen molar-refractivity contribution in [3.05, 3.63) is 59.0 Å². The van der Waals surface area contributed by atoms with Crippen molar-refractivity contribution in [1.29, 1.82) is 0 Å². The lowest BCUT2D eigenvalue weighted by Crippen LogP contribution is -2.32. The monoisotopic (exact) mass is 401 g/mol. The lowest BCUT2D eigenvalue weighted by atomic mass is 10.2. The highest BCUT2D eigenvalue weighted by Gasteiger charge is 2.34. The number of thioether (sulfide) groups is 2. The van der Waals surface area contributed by atoms with Gasteiger partial charge >= 0.3 is 0 Å². The first-order chi connectivity index (χ1) is 13.1. The minimum atomic E-state index is -0.289. The molecule has 140 valence electrons. The standard InChI is InChI=1S/C20H19NO4S2/c1-24-16-5-3-4-6-17(16)25-12-11-21-19(22)18(27-20(21)23)13-14-7-9-15(26-2)10-8-14/h3-10,13H,11-12H2,1-2H3/b18-13-. The summed E-state index contributed by atoms with van der Waals surface area (Å²) in [6.07, 6.45) is 3.75. The lowest BCUT2D eigenvalue weighted by molar-refractivity contribution is -0.123. The van der Waals surface area contributed by atoms with Crippen LogP contribution in [0.4, 0.5) is 4.79 Å². The van der Waals surface area contributed by atoms with Gasteiger partial charge in [-0.3, -0.25) is 14.5 Å². The van der Waals surface area contributed by atoms with Crippen LogP contribution in [0.25, 0.3) is 6.08 Å². The first-order valence-electron chi connectivity index (χ1n) is 8.27. The zero-order chi connectivity index (χ0) is 19.2. The molecule has 0 saturated carbocycles. The number of carbonyl (C=O) groups is 2. The Hall–Kier alpha value is -2.38. The molecule has 1 saturated heterocycles. The van der Waals surface area contributed by atoms with Crippen LogP contribution in [0.1, 0.15) is 5.56 Å². The highest BCUT2D eigenvalue weighted by molar-refractivity contribution is 8.18. The Morgan fingerprint density at radius 2 is 1.78 bits per heavy atom. The third-order valence-electron chi connectivity index (χ3n) is 3.93. The van der Waals surface area contributed by atoms with E-state index in [0.717, 1.165) is 22.2 Å². The summed E-state index contributed by atoms with van der Waals surface area (Å²) in [4.78, 5) is 27.5. The fraction of sp³-hybridized carbons (Fsp3) is 0.200. The van der Waals surface area contributed by atoms with Crippen LogP contribution in [0.3, 0.4) is 0 Å².